The summed E-state index contributed by atoms with van der Waals surface area (Å²) in [6.07, 6.45) is 6.45. The third-order valence-electron chi connectivity index (χ3n) is 4.43. The minimum atomic E-state index is -0.413. The number of hydrogen-bond acceptors (Lipinski definition) is 5. The van der Waals surface area contributed by atoms with E-state index in [1.54, 1.807) is 47.8 Å². The van der Waals surface area contributed by atoms with Crippen LogP contribution in [0.1, 0.15) is 11.1 Å². The van der Waals surface area contributed by atoms with Gasteiger partial charge in [-0.3, -0.25) is 19.8 Å². The molecule has 1 amide bonds. The average Bonchev–Trinajstić information content (AvgIpc) is 3.19. The summed E-state index contributed by atoms with van der Waals surface area (Å²) in [5.41, 5.74) is 1.89. The van der Waals surface area contributed by atoms with Crippen molar-refractivity contribution in [3.8, 4) is 0 Å². The van der Waals surface area contributed by atoms with Crippen LogP contribution >= 0.6 is 11.3 Å². The largest absolute Gasteiger partial charge is 0.337 e. The number of amides is 1. The fourth-order valence-electron chi connectivity index (χ4n) is 2.96. The van der Waals surface area contributed by atoms with Gasteiger partial charge < -0.3 is 4.90 Å². The quantitative estimate of drug-likeness (QED) is 0.331. The molecule has 0 bridgehead atoms. The van der Waals surface area contributed by atoms with Crippen LogP contribution in [-0.2, 0) is 11.3 Å². The fraction of sp³-hybridized carbons (Fsp3) is 0.250. The Balaban J connectivity index is 1.49. The normalized spacial score (nSPS) is 15.6. The topological polar surface area (TPSA) is 66.7 Å². The van der Waals surface area contributed by atoms with Crippen LogP contribution < -0.4 is 0 Å². The van der Waals surface area contributed by atoms with Crippen LogP contribution in [0.25, 0.3) is 6.08 Å². The number of allylic oxidation sites excluding steroid dienone is 2. The lowest BCUT2D eigenvalue weighted by Gasteiger charge is -2.34. The van der Waals surface area contributed by atoms with Crippen molar-refractivity contribution in [3.63, 3.8) is 0 Å². The SMILES string of the molecule is O=C(/C=C/C=C/c1ccccc1[N+](=O)[O-])N1CCN(Cc2ccsc2)CC1. The summed E-state index contributed by atoms with van der Waals surface area (Å²) in [6.45, 7) is 4.07. The molecule has 1 fully saturated rings. The van der Waals surface area contributed by atoms with E-state index < -0.39 is 4.92 Å². The van der Waals surface area contributed by atoms with Crippen LogP contribution in [0.2, 0.25) is 0 Å². The van der Waals surface area contributed by atoms with Crippen molar-refractivity contribution in [1.29, 1.82) is 0 Å². The Kier molecular flexibility index (Phi) is 6.51. The summed E-state index contributed by atoms with van der Waals surface area (Å²) in [6, 6.07) is 8.65. The van der Waals surface area contributed by atoms with E-state index in [0.717, 1.165) is 19.6 Å². The van der Waals surface area contributed by atoms with E-state index in [2.05, 4.69) is 21.7 Å². The van der Waals surface area contributed by atoms with Gasteiger partial charge in [-0.05, 0) is 34.5 Å². The molecule has 3 rings (SSSR count). The van der Waals surface area contributed by atoms with E-state index in [4.69, 9.17) is 0 Å². The summed E-state index contributed by atoms with van der Waals surface area (Å²) >= 11 is 1.70. The number of thiophene rings is 1. The monoisotopic (exact) mass is 383 g/mol. The Hall–Kier alpha value is -2.77. The summed E-state index contributed by atoms with van der Waals surface area (Å²) < 4.78 is 0. The highest BCUT2D eigenvalue weighted by atomic mass is 32.1. The lowest BCUT2D eigenvalue weighted by atomic mass is 10.1. The molecular weight excluding hydrogens is 362 g/mol. The van der Waals surface area contributed by atoms with Gasteiger partial charge >= 0.3 is 0 Å². The fourth-order valence-corrected chi connectivity index (χ4v) is 3.62. The standard InChI is InChI=1S/C20H21N3O3S/c24-20(8-4-2-6-18-5-1-3-7-19(18)23(25)26)22-12-10-21(11-13-22)15-17-9-14-27-16-17/h1-9,14,16H,10-13,15H2/b6-2+,8-4+. The molecule has 0 spiro atoms. The molecule has 1 aromatic heterocycles. The van der Waals surface area contributed by atoms with Gasteiger partial charge in [-0.1, -0.05) is 24.3 Å². The predicted octanol–water partition coefficient (Wildman–Crippen LogP) is 3.57. The van der Waals surface area contributed by atoms with Crippen LogP contribution in [0.4, 0.5) is 5.69 Å². The zero-order chi connectivity index (χ0) is 19.1. The maximum absolute atomic E-state index is 12.3. The molecule has 2 heterocycles. The third kappa shape index (κ3) is 5.35. The Morgan fingerprint density at radius 1 is 1.15 bits per heavy atom. The highest BCUT2D eigenvalue weighted by molar-refractivity contribution is 7.07. The summed E-state index contributed by atoms with van der Waals surface area (Å²) in [7, 11) is 0. The molecule has 0 N–H and O–H groups in total. The summed E-state index contributed by atoms with van der Waals surface area (Å²) in [4.78, 5) is 27.0. The molecule has 1 aliphatic rings. The first-order chi connectivity index (χ1) is 13.1. The van der Waals surface area contributed by atoms with Crippen molar-refractivity contribution < 1.29 is 9.72 Å². The average molecular weight is 383 g/mol. The molecular formula is C20H21N3O3S. The number of nitro benzene ring substituents is 1. The highest BCUT2D eigenvalue weighted by Crippen LogP contribution is 2.19. The summed E-state index contributed by atoms with van der Waals surface area (Å²) in [5.74, 6) is -0.0302. The zero-order valence-corrected chi connectivity index (χ0v) is 15.7. The molecule has 0 radical (unpaired) electrons. The lowest BCUT2D eigenvalue weighted by Crippen LogP contribution is -2.47. The zero-order valence-electron chi connectivity index (χ0n) is 14.9. The minimum Gasteiger partial charge on any atom is -0.337 e. The first kappa shape index (κ1) is 19.0. The minimum absolute atomic E-state index is 0.0302. The molecule has 1 saturated heterocycles. The molecule has 0 aliphatic carbocycles. The van der Waals surface area contributed by atoms with E-state index in [9.17, 15) is 14.9 Å². The van der Waals surface area contributed by atoms with Gasteiger partial charge in [-0.15, -0.1) is 0 Å². The number of rotatable bonds is 6. The molecule has 1 aromatic carbocycles. The van der Waals surface area contributed by atoms with Gasteiger partial charge in [0.15, 0.2) is 0 Å². The van der Waals surface area contributed by atoms with Crippen LogP contribution in [-0.4, -0.2) is 46.8 Å². The van der Waals surface area contributed by atoms with E-state index in [1.807, 2.05) is 4.90 Å². The molecule has 27 heavy (non-hydrogen) atoms. The van der Waals surface area contributed by atoms with Crippen LogP contribution in [0.5, 0.6) is 0 Å². The maximum Gasteiger partial charge on any atom is 0.276 e. The second-order valence-corrected chi connectivity index (χ2v) is 7.05. The highest BCUT2D eigenvalue weighted by Gasteiger charge is 2.19. The number of nitro groups is 1. The van der Waals surface area contributed by atoms with Gasteiger partial charge in [0.25, 0.3) is 5.69 Å². The third-order valence-corrected chi connectivity index (χ3v) is 5.16. The van der Waals surface area contributed by atoms with Crippen LogP contribution in [0.15, 0.2) is 59.3 Å². The Morgan fingerprint density at radius 3 is 2.63 bits per heavy atom. The molecule has 7 heteroatoms. The van der Waals surface area contributed by atoms with Crippen molar-refractivity contribution in [2.24, 2.45) is 0 Å². The Bertz CT molecular complexity index is 838. The van der Waals surface area contributed by atoms with Gasteiger partial charge in [0.05, 0.1) is 10.5 Å². The van der Waals surface area contributed by atoms with Gasteiger partial charge in [-0.25, -0.2) is 0 Å². The number of hydrogen-bond donors (Lipinski definition) is 0. The molecule has 1 aliphatic heterocycles. The van der Waals surface area contributed by atoms with Gasteiger partial charge in [0.2, 0.25) is 5.91 Å². The maximum atomic E-state index is 12.3. The van der Waals surface area contributed by atoms with Crippen molar-refractivity contribution in [1.82, 2.24) is 9.80 Å². The van der Waals surface area contributed by atoms with Gasteiger partial charge in [0.1, 0.15) is 0 Å². The number of para-hydroxylation sites is 1. The van der Waals surface area contributed by atoms with Crippen LogP contribution in [0.3, 0.4) is 0 Å². The Labute approximate surface area is 162 Å². The Morgan fingerprint density at radius 2 is 1.93 bits per heavy atom. The number of carbonyl (C=O) groups is 1. The van der Waals surface area contributed by atoms with Crippen molar-refractivity contribution in [2.45, 2.75) is 6.54 Å². The van der Waals surface area contributed by atoms with E-state index >= 15 is 0 Å². The predicted molar refractivity (Wildman–Crippen MR) is 107 cm³/mol. The number of piperazine rings is 1. The van der Waals surface area contributed by atoms with Gasteiger partial charge in [0, 0.05) is 44.9 Å². The van der Waals surface area contributed by atoms with E-state index in [0.29, 0.717) is 18.7 Å². The first-order valence-corrected chi connectivity index (χ1v) is 9.68. The number of benzene rings is 1. The molecule has 6 nitrogen and oxygen atoms in total. The molecule has 2 aromatic rings. The van der Waals surface area contributed by atoms with Crippen molar-refractivity contribution in [2.75, 3.05) is 26.2 Å². The second kappa shape index (κ2) is 9.25. The van der Waals surface area contributed by atoms with Gasteiger partial charge in [-0.2, -0.15) is 11.3 Å². The molecule has 140 valence electrons. The second-order valence-electron chi connectivity index (χ2n) is 6.27. The first-order valence-electron chi connectivity index (χ1n) is 8.74. The van der Waals surface area contributed by atoms with E-state index in [-0.39, 0.29) is 11.6 Å². The lowest BCUT2D eigenvalue weighted by molar-refractivity contribution is -0.385. The van der Waals surface area contributed by atoms with Crippen molar-refractivity contribution in [3.05, 3.63) is 80.6 Å². The summed E-state index contributed by atoms with van der Waals surface area (Å²) in [5, 5.41) is 15.2. The van der Waals surface area contributed by atoms with Crippen molar-refractivity contribution >= 4 is 29.0 Å². The number of nitrogens with zero attached hydrogens (tertiary/aromatic N) is 3. The molecule has 0 saturated carbocycles. The number of carbonyl (C=O) groups excluding carboxylic acids is 1. The smallest absolute Gasteiger partial charge is 0.276 e. The molecule has 0 unspecified atom stereocenters. The van der Waals surface area contributed by atoms with E-state index in [1.165, 1.54) is 17.7 Å². The van der Waals surface area contributed by atoms with Crippen LogP contribution in [0, 0.1) is 10.1 Å². The molecule has 0 atom stereocenters.